The number of thioether (sulfide) groups is 1. The molecular formula is C12H17NO3S2. The highest BCUT2D eigenvalue weighted by Gasteiger charge is 2.17. The summed E-state index contributed by atoms with van der Waals surface area (Å²) < 4.78 is 26.6. The van der Waals surface area contributed by atoms with E-state index in [2.05, 4.69) is 4.72 Å². The van der Waals surface area contributed by atoms with Gasteiger partial charge in [0.1, 0.15) is 0 Å². The molecule has 1 rings (SSSR count). The second-order valence-electron chi connectivity index (χ2n) is 4.06. The Labute approximate surface area is 112 Å². The first kappa shape index (κ1) is 15.2. The van der Waals surface area contributed by atoms with Crippen molar-refractivity contribution in [2.24, 2.45) is 0 Å². The Morgan fingerprint density at radius 3 is 2.33 bits per heavy atom. The minimum Gasteiger partial charge on any atom is -0.295 e. The van der Waals surface area contributed by atoms with Crippen molar-refractivity contribution in [3.8, 4) is 0 Å². The maximum atomic E-state index is 12.0. The molecule has 6 heteroatoms. The van der Waals surface area contributed by atoms with Gasteiger partial charge in [-0.1, -0.05) is 12.1 Å². The van der Waals surface area contributed by atoms with E-state index in [9.17, 15) is 13.2 Å². The van der Waals surface area contributed by atoms with Crippen LogP contribution in [0, 0.1) is 0 Å². The largest absolute Gasteiger partial charge is 0.295 e. The molecule has 0 heterocycles. The van der Waals surface area contributed by atoms with Gasteiger partial charge >= 0.3 is 0 Å². The number of hydrogen-bond acceptors (Lipinski definition) is 4. The first-order valence-electron chi connectivity index (χ1n) is 5.49. The third-order valence-corrected chi connectivity index (χ3v) is 4.78. The Hall–Kier alpha value is -0.850. The van der Waals surface area contributed by atoms with Crippen molar-refractivity contribution in [3.63, 3.8) is 0 Å². The smallest absolute Gasteiger partial charge is 0.240 e. The van der Waals surface area contributed by atoms with Gasteiger partial charge in [0.05, 0.1) is 4.90 Å². The number of rotatable bonds is 6. The minimum absolute atomic E-state index is 0.0809. The molecule has 1 unspecified atom stereocenters. The highest BCUT2D eigenvalue weighted by atomic mass is 32.2. The number of carbonyl (C=O) groups excluding carboxylic acids is 1. The van der Waals surface area contributed by atoms with E-state index in [1.807, 2.05) is 13.2 Å². The van der Waals surface area contributed by atoms with Crippen LogP contribution in [0.4, 0.5) is 0 Å². The molecule has 0 aliphatic carbocycles. The molecular weight excluding hydrogens is 270 g/mol. The quantitative estimate of drug-likeness (QED) is 0.812. The summed E-state index contributed by atoms with van der Waals surface area (Å²) in [7, 11) is -3.50. The molecule has 0 aliphatic heterocycles. The molecule has 0 saturated carbocycles. The van der Waals surface area contributed by atoms with Crippen molar-refractivity contribution in [1.29, 1.82) is 0 Å². The number of ketones is 1. The van der Waals surface area contributed by atoms with E-state index in [0.29, 0.717) is 11.3 Å². The molecule has 18 heavy (non-hydrogen) atoms. The SMILES string of the molecule is CSCC(C)NS(=O)(=O)c1ccc(C(C)=O)cc1. The topological polar surface area (TPSA) is 63.2 Å². The van der Waals surface area contributed by atoms with Crippen LogP contribution in [0.25, 0.3) is 0 Å². The van der Waals surface area contributed by atoms with Crippen LogP contribution in [0.2, 0.25) is 0 Å². The molecule has 100 valence electrons. The first-order valence-corrected chi connectivity index (χ1v) is 8.37. The zero-order valence-corrected chi connectivity index (χ0v) is 12.3. The van der Waals surface area contributed by atoms with Crippen molar-refractivity contribution in [3.05, 3.63) is 29.8 Å². The lowest BCUT2D eigenvalue weighted by atomic mass is 10.2. The Balaban J connectivity index is 2.88. The average molecular weight is 287 g/mol. The molecule has 1 atom stereocenters. The highest BCUT2D eigenvalue weighted by Crippen LogP contribution is 2.12. The van der Waals surface area contributed by atoms with Gasteiger partial charge in [0.15, 0.2) is 5.78 Å². The Kier molecular flexibility index (Phi) is 5.37. The maximum Gasteiger partial charge on any atom is 0.240 e. The van der Waals surface area contributed by atoms with Crippen molar-refractivity contribution >= 4 is 27.6 Å². The molecule has 1 N–H and O–H groups in total. The predicted octanol–water partition coefficient (Wildman–Crippen LogP) is 1.92. The van der Waals surface area contributed by atoms with Crippen LogP contribution >= 0.6 is 11.8 Å². The van der Waals surface area contributed by atoms with Gasteiger partial charge < -0.3 is 0 Å². The second-order valence-corrected chi connectivity index (χ2v) is 6.68. The number of nitrogens with one attached hydrogen (secondary N) is 1. The summed E-state index contributed by atoms with van der Waals surface area (Å²) in [4.78, 5) is 11.3. The van der Waals surface area contributed by atoms with E-state index in [4.69, 9.17) is 0 Å². The second kappa shape index (κ2) is 6.36. The van der Waals surface area contributed by atoms with Crippen molar-refractivity contribution < 1.29 is 13.2 Å². The van der Waals surface area contributed by atoms with Crippen LogP contribution in [-0.4, -0.2) is 32.3 Å². The van der Waals surface area contributed by atoms with Crippen molar-refractivity contribution in [2.45, 2.75) is 24.8 Å². The summed E-state index contributed by atoms with van der Waals surface area (Å²) in [5.41, 5.74) is 0.506. The van der Waals surface area contributed by atoms with Gasteiger partial charge in [-0.3, -0.25) is 4.79 Å². The summed E-state index contributed by atoms with van der Waals surface area (Å²) in [6.07, 6.45) is 1.92. The fourth-order valence-electron chi connectivity index (χ4n) is 1.49. The number of hydrogen-bond donors (Lipinski definition) is 1. The zero-order chi connectivity index (χ0) is 13.8. The fraction of sp³-hybridized carbons (Fsp3) is 0.417. The standard InChI is InChI=1S/C12H17NO3S2/c1-9(8-17-3)13-18(15,16)12-6-4-11(5-7-12)10(2)14/h4-7,9,13H,8H2,1-3H3. The highest BCUT2D eigenvalue weighted by molar-refractivity contribution is 7.98. The maximum absolute atomic E-state index is 12.0. The molecule has 0 spiro atoms. The normalized spacial score (nSPS) is 13.3. The number of Topliss-reactive ketones (excluding diaryl/α,β-unsaturated/α-hetero) is 1. The molecule has 0 bridgehead atoms. The molecule has 0 amide bonds. The van der Waals surface area contributed by atoms with E-state index >= 15 is 0 Å². The minimum atomic E-state index is -3.50. The van der Waals surface area contributed by atoms with E-state index in [1.54, 1.807) is 11.8 Å². The Morgan fingerprint density at radius 1 is 1.33 bits per heavy atom. The lowest BCUT2D eigenvalue weighted by molar-refractivity contribution is 0.101. The summed E-state index contributed by atoms with van der Waals surface area (Å²) in [5.74, 6) is 0.632. The summed E-state index contributed by atoms with van der Waals surface area (Å²) in [6.45, 7) is 3.26. The van der Waals surface area contributed by atoms with Crippen LogP contribution in [0.3, 0.4) is 0 Å². The van der Waals surface area contributed by atoms with Gasteiger partial charge in [-0.15, -0.1) is 0 Å². The molecule has 0 radical (unpaired) electrons. The molecule has 4 nitrogen and oxygen atoms in total. The lowest BCUT2D eigenvalue weighted by Crippen LogP contribution is -2.34. The van der Waals surface area contributed by atoms with Gasteiger partial charge in [0.25, 0.3) is 0 Å². The zero-order valence-electron chi connectivity index (χ0n) is 10.6. The number of benzene rings is 1. The molecule has 0 saturated heterocycles. The summed E-state index contributed by atoms with van der Waals surface area (Å²) in [5, 5.41) is 0. The third-order valence-electron chi connectivity index (χ3n) is 2.34. The van der Waals surface area contributed by atoms with Crippen LogP contribution in [0.1, 0.15) is 24.2 Å². The summed E-state index contributed by atoms with van der Waals surface area (Å²) >= 11 is 1.58. The Bertz CT molecular complexity index is 509. The van der Waals surface area contributed by atoms with Crippen molar-refractivity contribution in [2.75, 3.05) is 12.0 Å². The van der Waals surface area contributed by atoms with Gasteiger partial charge in [-0.2, -0.15) is 11.8 Å². The van der Waals surface area contributed by atoms with Crippen LogP contribution in [0.15, 0.2) is 29.2 Å². The van der Waals surface area contributed by atoms with E-state index < -0.39 is 10.0 Å². The van der Waals surface area contributed by atoms with E-state index in [1.165, 1.54) is 31.2 Å². The van der Waals surface area contributed by atoms with E-state index in [-0.39, 0.29) is 16.7 Å². The van der Waals surface area contributed by atoms with Gasteiger partial charge in [-0.05, 0) is 32.2 Å². The lowest BCUT2D eigenvalue weighted by Gasteiger charge is -2.13. The van der Waals surface area contributed by atoms with Crippen LogP contribution in [-0.2, 0) is 10.0 Å². The van der Waals surface area contributed by atoms with Crippen LogP contribution in [0.5, 0.6) is 0 Å². The number of carbonyl (C=O) groups is 1. The van der Waals surface area contributed by atoms with Gasteiger partial charge in [-0.25, -0.2) is 13.1 Å². The fourth-order valence-corrected chi connectivity index (χ4v) is 3.42. The molecule has 0 fully saturated rings. The molecule has 1 aromatic carbocycles. The first-order chi connectivity index (χ1) is 8.36. The monoisotopic (exact) mass is 287 g/mol. The molecule has 1 aromatic rings. The average Bonchev–Trinajstić information content (AvgIpc) is 2.28. The van der Waals surface area contributed by atoms with Crippen molar-refractivity contribution in [1.82, 2.24) is 4.72 Å². The third kappa shape index (κ3) is 4.12. The van der Waals surface area contributed by atoms with E-state index in [0.717, 1.165) is 0 Å². The van der Waals surface area contributed by atoms with Gasteiger partial charge in [0.2, 0.25) is 10.0 Å². The molecule has 0 aromatic heterocycles. The molecule has 0 aliphatic rings. The summed E-state index contributed by atoms with van der Waals surface area (Å²) in [6, 6.07) is 5.82. The predicted molar refractivity (Wildman–Crippen MR) is 74.6 cm³/mol. The van der Waals surface area contributed by atoms with Crippen LogP contribution < -0.4 is 4.72 Å². The number of sulfonamides is 1. The Morgan fingerprint density at radius 2 is 1.89 bits per heavy atom. The van der Waals surface area contributed by atoms with Gasteiger partial charge in [0, 0.05) is 17.4 Å².